The minimum atomic E-state index is -0.131. The summed E-state index contributed by atoms with van der Waals surface area (Å²) in [5.74, 6) is 1.23. The van der Waals surface area contributed by atoms with Gasteiger partial charge in [0.25, 0.3) is 5.91 Å². The van der Waals surface area contributed by atoms with Gasteiger partial charge in [0.2, 0.25) is 5.91 Å². The van der Waals surface area contributed by atoms with Gasteiger partial charge >= 0.3 is 0 Å². The van der Waals surface area contributed by atoms with Gasteiger partial charge in [0.1, 0.15) is 18.1 Å². The number of ether oxygens (including phenoxy) is 2. The zero-order valence-electron chi connectivity index (χ0n) is 15.4. The number of nitrogens with one attached hydrogen (secondary N) is 1. The lowest BCUT2D eigenvalue weighted by Crippen LogP contribution is -2.41. The summed E-state index contributed by atoms with van der Waals surface area (Å²) >= 11 is 0. The molecule has 1 aliphatic heterocycles. The molecule has 0 bridgehead atoms. The number of amides is 2. The lowest BCUT2D eigenvalue weighted by molar-refractivity contribution is -0.121. The molecule has 6 heteroatoms. The van der Waals surface area contributed by atoms with Gasteiger partial charge < -0.3 is 19.7 Å². The van der Waals surface area contributed by atoms with Crippen molar-refractivity contribution in [3.05, 3.63) is 48.5 Å². The van der Waals surface area contributed by atoms with Crippen LogP contribution in [0.3, 0.4) is 0 Å². The van der Waals surface area contributed by atoms with Crippen LogP contribution < -0.4 is 19.7 Å². The zero-order chi connectivity index (χ0) is 19.1. The van der Waals surface area contributed by atoms with E-state index >= 15 is 0 Å². The topological polar surface area (TPSA) is 67.9 Å². The summed E-state index contributed by atoms with van der Waals surface area (Å²) in [6, 6.07) is 14.8. The third kappa shape index (κ3) is 5.00. The van der Waals surface area contributed by atoms with E-state index in [9.17, 15) is 9.59 Å². The second-order valence-corrected chi connectivity index (χ2v) is 6.33. The van der Waals surface area contributed by atoms with Crippen LogP contribution in [0, 0.1) is 0 Å². The lowest BCUT2D eigenvalue weighted by atomic mass is 10.2. The van der Waals surface area contributed by atoms with E-state index in [4.69, 9.17) is 9.47 Å². The number of para-hydroxylation sites is 1. The molecule has 2 amide bonds. The Morgan fingerprint density at radius 3 is 2.81 bits per heavy atom. The molecule has 0 unspecified atom stereocenters. The quantitative estimate of drug-likeness (QED) is 0.773. The van der Waals surface area contributed by atoms with E-state index in [1.54, 1.807) is 23.1 Å². The fourth-order valence-electron chi connectivity index (χ4n) is 2.86. The van der Waals surface area contributed by atoms with Crippen molar-refractivity contribution in [3.63, 3.8) is 0 Å². The molecule has 0 spiro atoms. The molecular formula is C21H24N2O4. The SMILES string of the molecule is CCCCC(=O)Nc1ccc2c(c1)N(CCOc1ccccc1)C(=O)CO2. The highest BCUT2D eigenvalue weighted by Crippen LogP contribution is 2.34. The molecule has 27 heavy (non-hydrogen) atoms. The average Bonchev–Trinajstić information content (AvgIpc) is 2.69. The molecule has 2 aromatic rings. The molecular weight excluding hydrogens is 344 g/mol. The average molecular weight is 368 g/mol. The van der Waals surface area contributed by atoms with Crippen molar-refractivity contribution in [2.24, 2.45) is 0 Å². The van der Waals surface area contributed by atoms with Crippen molar-refractivity contribution in [2.45, 2.75) is 26.2 Å². The summed E-state index contributed by atoms with van der Waals surface area (Å²) in [4.78, 5) is 25.9. The second-order valence-electron chi connectivity index (χ2n) is 6.33. The highest BCUT2D eigenvalue weighted by atomic mass is 16.5. The van der Waals surface area contributed by atoms with Crippen molar-refractivity contribution in [1.82, 2.24) is 0 Å². The Labute approximate surface area is 159 Å². The van der Waals surface area contributed by atoms with Crippen LogP contribution in [0.1, 0.15) is 26.2 Å². The standard InChI is InChI=1S/C21H24N2O4/c1-2-3-9-20(24)22-16-10-11-19-18(14-16)23(21(25)15-27-19)12-13-26-17-7-5-4-6-8-17/h4-8,10-11,14H,2-3,9,12-13,15H2,1H3,(H,22,24). The summed E-state index contributed by atoms with van der Waals surface area (Å²) in [7, 11) is 0. The molecule has 0 aliphatic carbocycles. The van der Waals surface area contributed by atoms with Crippen molar-refractivity contribution in [3.8, 4) is 11.5 Å². The van der Waals surface area contributed by atoms with Crippen LogP contribution in [-0.4, -0.2) is 31.6 Å². The molecule has 2 aromatic carbocycles. The Morgan fingerprint density at radius 2 is 2.04 bits per heavy atom. The zero-order valence-corrected chi connectivity index (χ0v) is 15.4. The highest BCUT2D eigenvalue weighted by molar-refractivity contribution is 5.99. The fourth-order valence-corrected chi connectivity index (χ4v) is 2.86. The van der Waals surface area contributed by atoms with Crippen molar-refractivity contribution in [1.29, 1.82) is 0 Å². The second kappa shape index (κ2) is 9.07. The third-order valence-electron chi connectivity index (χ3n) is 4.27. The van der Waals surface area contributed by atoms with Gasteiger partial charge in [-0.25, -0.2) is 0 Å². The van der Waals surface area contributed by atoms with E-state index in [0.717, 1.165) is 18.6 Å². The Kier molecular flexibility index (Phi) is 6.30. The maximum atomic E-state index is 12.3. The van der Waals surface area contributed by atoms with Crippen molar-refractivity contribution < 1.29 is 19.1 Å². The van der Waals surface area contributed by atoms with Crippen LogP contribution >= 0.6 is 0 Å². The summed E-state index contributed by atoms with van der Waals surface area (Å²) in [5, 5.41) is 2.88. The summed E-state index contributed by atoms with van der Waals surface area (Å²) < 4.78 is 11.2. The first-order valence-electron chi connectivity index (χ1n) is 9.22. The molecule has 3 rings (SSSR count). The minimum Gasteiger partial charge on any atom is -0.492 e. The van der Waals surface area contributed by atoms with E-state index in [1.807, 2.05) is 37.3 Å². The smallest absolute Gasteiger partial charge is 0.265 e. The largest absolute Gasteiger partial charge is 0.492 e. The van der Waals surface area contributed by atoms with Gasteiger partial charge in [0, 0.05) is 12.1 Å². The van der Waals surface area contributed by atoms with Crippen LogP contribution in [0.25, 0.3) is 0 Å². The summed E-state index contributed by atoms with van der Waals surface area (Å²) in [6.07, 6.45) is 2.30. The Hall–Kier alpha value is -3.02. The maximum Gasteiger partial charge on any atom is 0.265 e. The number of carbonyl (C=O) groups excluding carboxylic acids is 2. The summed E-state index contributed by atoms with van der Waals surface area (Å²) in [5.41, 5.74) is 1.30. The van der Waals surface area contributed by atoms with Gasteiger partial charge in [-0.3, -0.25) is 9.59 Å². The van der Waals surface area contributed by atoms with Gasteiger partial charge in [-0.15, -0.1) is 0 Å². The number of rotatable bonds is 8. The van der Waals surface area contributed by atoms with Gasteiger partial charge in [-0.1, -0.05) is 31.5 Å². The van der Waals surface area contributed by atoms with Gasteiger partial charge in [-0.05, 0) is 36.8 Å². The number of benzene rings is 2. The van der Waals surface area contributed by atoms with E-state index < -0.39 is 0 Å². The Balaban J connectivity index is 1.68. The number of hydrogen-bond acceptors (Lipinski definition) is 4. The molecule has 1 heterocycles. The first-order chi connectivity index (χ1) is 13.2. The molecule has 1 N–H and O–H groups in total. The number of fused-ring (bicyclic) bond motifs is 1. The van der Waals surface area contributed by atoms with Gasteiger partial charge in [0.05, 0.1) is 12.2 Å². The number of unbranched alkanes of at least 4 members (excludes halogenated alkanes) is 1. The van der Waals surface area contributed by atoms with Crippen molar-refractivity contribution in [2.75, 3.05) is 30.0 Å². The van der Waals surface area contributed by atoms with Crippen LogP contribution in [0.2, 0.25) is 0 Å². The molecule has 142 valence electrons. The molecule has 0 saturated heterocycles. The van der Waals surface area contributed by atoms with E-state index in [2.05, 4.69) is 5.32 Å². The Bertz CT molecular complexity index is 792. The highest BCUT2D eigenvalue weighted by Gasteiger charge is 2.26. The molecule has 0 radical (unpaired) electrons. The van der Waals surface area contributed by atoms with Gasteiger partial charge in [-0.2, -0.15) is 0 Å². The molecule has 0 fully saturated rings. The van der Waals surface area contributed by atoms with Crippen LogP contribution in [-0.2, 0) is 9.59 Å². The third-order valence-corrected chi connectivity index (χ3v) is 4.27. The van der Waals surface area contributed by atoms with E-state index in [1.165, 1.54) is 0 Å². The maximum absolute atomic E-state index is 12.3. The predicted molar refractivity (Wildman–Crippen MR) is 104 cm³/mol. The van der Waals surface area contributed by atoms with Crippen LogP contribution in [0.4, 0.5) is 11.4 Å². The van der Waals surface area contributed by atoms with Crippen LogP contribution in [0.5, 0.6) is 11.5 Å². The van der Waals surface area contributed by atoms with Crippen molar-refractivity contribution >= 4 is 23.2 Å². The monoisotopic (exact) mass is 368 g/mol. The molecule has 0 saturated carbocycles. The minimum absolute atomic E-state index is 0.000538. The molecule has 0 atom stereocenters. The lowest BCUT2D eigenvalue weighted by Gasteiger charge is -2.29. The molecule has 1 aliphatic rings. The van der Waals surface area contributed by atoms with Gasteiger partial charge in [0.15, 0.2) is 6.61 Å². The normalized spacial score (nSPS) is 12.9. The Morgan fingerprint density at radius 1 is 1.22 bits per heavy atom. The number of nitrogens with zero attached hydrogens (tertiary/aromatic N) is 1. The predicted octanol–water partition coefficient (Wildman–Crippen LogP) is 3.62. The first-order valence-corrected chi connectivity index (χ1v) is 9.22. The summed E-state index contributed by atoms with van der Waals surface area (Å²) in [6.45, 7) is 2.81. The van der Waals surface area contributed by atoms with E-state index in [-0.39, 0.29) is 18.4 Å². The first kappa shape index (κ1) is 18.8. The number of hydrogen-bond donors (Lipinski definition) is 1. The number of carbonyl (C=O) groups is 2. The van der Waals surface area contributed by atoms with E-state index in [0.29, 0.717) is 36.7 Å². The van der Waals surface area contributed by atoms with Crippen LogP contribution in [0.15, 0.2) is 48.5 Å². The molecule has 6 nitrogen and oxygen atoms in total. The fraction of sp³-hybridized carbons (Fsp3) is 0.333. The number of anilines is 2. The molecule has 0 aromatic heterocycles.